The minimum absolute atomic E-state index is 0.0516. The number of benzene rings is 2. The number of methoxy groups -OCH3 is 1. The van der Waals surface area contributed by atoms with Crippen LogP contribution in [0.3, 0.4) is 0 Å². The minimum Gasteiger partial charge on any atom is -0.495 e. The Labute approximate surface area is 159 Å². The van der Waals surface area contributed by atoms with Crippen molar-refractivity contribution in [2.45, 2.75) is 6.54 Å². The zero-order valence-corrected chi connectivity index (χ0v) is 15.4. The van der Waals surface area contributed by atoms with Gasteiger partial charge in [-0.3, -0.25) is 10.2 Å². The molecule has 7 nitrogen and oxygen atoms in total. The van der Waals surface area contributed by atoms with Gasteiger partial charge in [-0.2, -0.15) is 4.68 Å². The summed E-state index contributed by atoms with van der Waals surface area (Å²) in [5, 5.41) is 4.63. The Hall–Kier alpha value is -2.84. The maximum atomic E-state index is 12.4. The zero-order valence-electron chi connectivity index (χ0n) is 13.8. The average molecular weight is 390 g/mol. The van der Waals surface area contributed by atoms with E-state index in [0.29, 0.717) is 22.0 Å². The fourth-order valence-corrected chi connectivity index (χ4v) is 2.81. The van der Waals surface area contributed by atoms with Crippen molar-refractivity contribution in [3.05, 3.63) is 63.9 Å². The van der Waals surface area contributed by atoms with Gasteiger partial charge in [0.1, 0.15) is 12.3 Å². The number of aromatic nitrogens is 3. The monoisotopic (exact) mass is 389 g/mol. The smallest absolute Gasteiger partial charge is 0.240 e. The fourth-order valence-electron chi connectivity index (χ4n) is 2.38. The van der Waals surface area contributed by atoms with Gasteiger partial charge in [-0.05, 0) is 36.5 Å². The molecule has 3 N–H and O–H groups in total. The lowest BCUT2D eigenvalue weighted by molar-refractivity contribution is 0.0967. The molecule has 26 heavy (non-hydrogen) atoms. The van der Waals surface area contributed by atoms with E-state index in [0.717, 1.165) is 0 Å². The molecule has 0 aliphatic rings. The standard InChI is InChI=1S/C17H16ClN5O2S/c1-25-15-8-3-2-7-13(15)20-23-16(19)21-22(17(23)26)10-14(24)11-5-4-6-12(18)9-11/h2-9,20H,10H2,1H3,(H2,19,21). The van der Waals surface area contributed by atoms with Crippen LogP contribution in [-0.2, 0) is 6.54 Å². The predicted molar refractivity (Wildman–Crippen MR) is 103 cm³/mol. The molecule has 3 rings (SSSR count). The van der Waals surface area contributed by atoms with Crippen molar-refractivity contribution in [3.63, 3.8) is 0 Å². The first kappa shape index (κ1) is 18.0. The number of ketones is 1. The largest absolute Gasteiger partial charge is 0.495 e. The molecule has 134 valence electrons. The molecule has 0 atom stereocenters. The first-order valence-electron chi connectivity index (χ1n) is 7.63. The van der Waals surface area contributed by atoms with Crippen molar-refractivity contribution in [1.82, 2.24) is 14.5 Å². The summed E-state index contributed by atoms with van der Waals surface area (Å²) in [5.41, 5.74) is 10.1. The van der Waals surface area contributed by atoms with E-state index in [4.69, 9.17) is 34.3 Å². The number of carbonyl (C=O) groups excluding carboxylic acids is 1. The number of nitrogens with zero attached hydrogens (tertiary/aromatic N) is 3. The number of para-hydroxylation sites is 2. The third-order valence-corrected chi connectivity index (χ3v) is 4.27. The van der Waals surface area contributed by atoms with E-state index in [-0.39, 0.29) is 23.0 Å². The number of anilines is 2. The van der Waals surface area contributed by atoms with E-state index >= 15 is 0 Å². The number of hydrogen-bond acceptors (Lipinski definition) is 6. The summed E-state index contributed by atoms with van der Waals surface area (Å²) in [7, 11) is 1.57. The molecule has 1 aromatic heterocycles. The molecule has 0 saturated carbocycles. The van der Waals surface area contributed by atoms with Crippen LogP contribution in [0.5, 0.6) is 5.75 Å². The highest BCUT2D eigenvalue weighted by Gasteiger charge is 2.14. The first-order valence-corrected chi connectivity index (χ1v) is 8.42. The highest BCUT2D eigenvalue weighted by molar-refractivity contribution is 7.71. The van der Waals surface area contributed by atoms with Crippen LogP contribution in [0.1, 0.15) is 10.4 Å². The summed E-state index contributed by atoms with van der Waals surface area (Å²) in [4.78, 5) is 12.4. The molecule has 3 aromatic rings. The number of nitrogen functional groups attached to an aromatic ring is 1. The van der Waals surface area contributed by atoms with Crippen LogP contribution in [0.25, 0.3) is 0 Å². The molecule has 0 amide bonds. The Balaban J connectivity index is 1.86. The average Bonchev–Trinajstić information content (AvgIpc) is 2.89. The van der Waals surface area contributed by atoms with Crippen molar-refractivity contribution >= 4 is 41.2 Å². The fraction of sp³-hybridized carbons (Fsp3) is 0.118. The second-order valence-corrected chi connectivity index (χ2v) is 6.18. The summed E-state index contributed by atoms with van der Waals surface area (Å²) in [6.07, 6.45) is 0. The summed E-state index contributed by atoms with van der Waals surface area (Å²) >= 11 is 11.3. The first-order chi connectivity index (χ1) is 12.5. The van der Waals surface area contributed by atoms with Crippen LogP contribution < -0.4 is 15.9 Å². The normalized spacial score (nSPS) is 10.5. The van der Waals surface area contributed by atoms with Gasteiger partial charge in [0, 0.05) is 10.6 Å². The van der Waals surface area contributed by atoms with Gasteiger partial charge in [0.05, 0.1) is 12.8 Å². The van der Waals surface area contributed by atoms with E-state index < -0.39 is 0 Å². The van der Waals surface area contributed by atoms with Gasteiger partial charge in [-0.15, -0.1) is 5.10 Å². The van der Waals surface area contributed by atoms with Crippen LogP contribution in [0.15, 0.2) is 48.5 Å². The molecule has 0 fully saturated rings. The van der Waals surface area contributed by atoms with Gasteiger partial charge in [0.2, 0.25) is 10.7 Å². The van der Waals surface area contributed by atoms with E-state index in [9.17, 15) is 4.79 Å². The molecule has 0 bridgehead atoms. The summed E-state index contributed by atoms with van der Waals surface area (Å²) in [6.45, 7) is -0.0516. The van der Waals surface area contributed by atoms with Gasteiger partial charge in [-0.1, -0.05) is 35.9 Å². The number of hydrogen-bond donors (Lipinski definition) is 2. The molecule has 1 heterocycles. The Morgan fingerprint density at radius 1 is 1.31 bits per heavy atom. The summed E-state index contributed by atoms with van der Waals surface area (Å²) in [5.74, 6) is 0.571. The second-order valence-electron chi connectivity index (χ2n) is 5.38. The number of Topliss-reactive ketones (excluding diaryl/α,β-unsaturated/α-hetero) is 1. The molecular weight excluding hydrogens is 374 g/mol. The molecular formula is C17H16ClN5O2S. The van der Waals surface area contributed by atoms with Crippen LogP contribution in [0.2, 0.25) is 5.02 Å². The number of halogens is 1. The Bertz CT molecular complexity index is 1010. The van der Waals surface area contributed by atoms with Crippen molar-refractivity contribution in [2.24, 2.45) is 0 Å². The van der Waals surface area contributed by atoms with Crippen LogP contribution >= 0.6 is 23.8 Å². The summed E-state index contributed by atoms with van der Waals surface area (Å²) < 4.78 is 8.32. The quantitative estimate of drug-likeness (QED) is 0.496. The van der Waals surface area contributed by atoms with Gasteiger partial charge < -0.3 is 10.5 Å². The highest BCUT2D eigenvalue weighted by Crippen LogP contribution is 2.24. The maximum absolute atomic E-state index is 12.4. The van der Waals surface area contributed by atoms with E-state index in [2.05, 4.69) is 10.5 Å². The van der Waals surface area contributed by atoms with E-state index in [1.807, 2.05) is 18.2 Å². The van der Waals surface area contributed by atoms with Crippen molar-refractivity contribution in [2.75, 3.05) is 18.3 Å². The third kappa shape index (κ3) is 3.71. The van der Waals surface area contributed by atoms with Gasteiger partial charge in [0.25, 0.3) is 0 Å². The maximum Gasteiger partial charge on any atom is 0.240 e. The Morgan fingerprint density at radius 3 is 2.81 bits per heavy atom. The number of ether oxygens (including phenoxy) is 1. The van der Waals surface area contributed by atoms with Gasteiger partial charge in [0.15, 0.2) is 5.78 Å². The third-order valence-electron chi connectivity index (χ3n) is 3.64. The van der Waals surface area contributed by atoms with Crippen LogP contribution in [-0.4, -0.2) is 27.3 Å². The predicted octanol–water partition coefficient (Wildman–Crippen LogP) is 3.42. The summed E-state index contributed by atoms with van der Waals surface area (Å²) in [6, 6.07) is 14.0. The SMILES string of the molecule is COc1ccccc1Nn1c(N)nn(CC(=O)c2cccc(Cl)c2)c1=S. The van der Waals surface area contributed by atoms with E-state index in [1.165, 1.54) is 9.36 Å². The zero-order chi connectivity index (χ0) is 18.7. The molecule has 0 spiro atoms. The van der Waals surface area contributed by atoms with Crippen LogP contribution in [0.4, 0.5) is 11.6 Å². The molecule has 0 aliphatic carbocycles. The minimum atomic E-state index is -0.175. The second kappa shape index (κ2) is 7.59. The van der Waals surface area contributed by atoms with Gasteiger partial charge >= 0.3 is 0 Å². The van der Waals surface area contributed by atoms with Crippen LogP contribution in [0, 0.1) is 4.77 Å². The van der Waals surface area contributed by atoms with E-state index in [1.54, 1.807) is 37.4 Å². The number of carbonyl (C=O) groups is 1. The molecule has 9 heteroatoms. The van der Waals surface area contributed by atoms with Crippen molar-refractivity contribution < 1.29 is 9.53 Å². The lowest BCUT2D eigenvalue weighted by Gasteiger charge is -2.11. The highest BCUT2D eigenvalue weighted by atomic mass is 35.5. The number of nitrogens with two attached hydrogens (primary N) is 1. The molecule has 2 aromatic carbocycles. The molecule has 0 aliphatic heterocycles. The Kier molecular flexibility index (Phi) is 5.24. The number of rotatable bonds is 6. The topological polar surface area (TPSA) is 87.1 Å². The molecule has 0 saturated heterocycles. The number of nitrogens with one attached hydrogen (secondary N) is 1. The van der Waals surface area contributed by atoms with Gasteiger partial charge in [-0.25, -0.2) is 4.68 Å². The lowest BCUT2D eigenvalue weighted by atomic mass is 10.1. The van der Waals surface area contributed by atoms with Crippen molar-refractivity contribution in [3.8, 4) is 5.75 Å². The Morgan fingerprint density at radius 2 is 2.08 bits per heavy atom. The molecule has 0 radical (unpaired) electrons. The van der Waals surface area contributed by atoms with Crippen molar-refractivity contribution in [1.29, 1.82) is 0 Å². The lowest BCUT2D eigenvalue weighted by Crippen LogP contribution is -2.15. The molecule has 0 unspecified atom stereocenters.